The molecule has 0 fully saturated rings. The number of aryl methyl sites for hydroxylation is 1. The van der Waals surface area contributed by atoms with Crippen LogP contribution in [0.2, 0.25) is 0 Å². The van der Waals surface area contributed by atoms with Crippen LogP contribution < -0.4 is 14.8 Å². The van der Waals surface area contributed by atoms with Crippen LogP contribution in [-0.2, 0) is 0 Å². The standard InChI is InChI=1S/C22H18FN3O3S/c1-12-16(8-13-4-6-15(23)10-17(13)24-12)21(27)26-22-25-18(11-30-22)14-5-7-19(28-2)20(9-14)29-3/h4-11H,1-3H3,(H,25,26,27). The van der Waals surface area contributed by atoms with E-state index in [0.29, 0.717) is 44.5 Å². The highest BCUT2D eigenvalue weighted by Crippen LogP contribution is 2.33. The third kappa shape index (κ3) is 3.81. The van der Waals surface area contributed by atoms with E-state index in [1.165, 1.54) is 23.5 Å². The molecule has 0 aliphatic heterocycles. The smallest absolute Gasteiger partial charge is 0.259 e. The molecule has 2 heterocycles. The maximum absolute atomic E-state index is 13.4. The molecule has 0 saturated heterocycles. The highest BCUT2D eigenvalue weighted by molar-refractivity contribution is 7.14. The van der Waals surface area contributed by atoms with Gasteiger partial charge < -0.3 is 9.47 Å². The number of nitrogens with one attached hydrogen (secondary N) is 1. The fourth-order valence-corrected chi connectivity index (χ4v) is 3.80. The normalized spacial score (nSPS) is 10.8. The SMILES string of the molecule is COc1ccc(-c2csc(NC(=O)c3cc4ccc(F)cc4nc3C)n2)cc1OC. The lowest BCUT2D eigenvalue weighted by Crippen LogP contribution is -2.14. The van der Waals surface area contributed by atoms with Crippen LogP contribution in [0.15, 0.2) is 47.8 Å². The number of methoxy groups -OCH3 is 2. The molecule has 4 rings (SSSR count). The number of hydrogen-bond donors (Lipinski definition) is 1. The van der Waals surface area contributed by atoms with Gasteiger partial charge in [-0.3, -0.25) is 15.1 Å². The molecule has 0 radical (unpaired) electrons. The molecule has 0 aliphatic rings. The summed E-state index contributed by atoms with van der Waals surface area (Å²) in [4.78, 5) is 21.6. The van der Waals surface area contributed by atoms with E-state index in [1.807, 2.05) is 17.5 Å². The molecular weight excluding hydrogens is 405 g/mol. The summed E-state index contributed by atoms with van der Waals surface area (Å²) in [7, 11) is 3.15. The Kier molecular flexibility index (Phi) is 5.33. The van der Waals surface area contributed by atoms with Crippen molar-refractivity contribution in [2.45, 2.75) is 6.92 Å². The Morgan fingerprint density at radius 1 is 1.03 bits per heavy atom. The maximum Gasteiger partial charge on any atom is 0.259 e. The molecule has 0 bridgehead atoms. The number of carbonyl (C=O) groups excluding carboxylic acids is 1. The third-order valence-electron chi connectivity index (χ3n) is 4.62. The molecule has 152 valence electrons. The van der Waals surface area contributed by atoms with E-state index in [0.717, 1.165) is 5.56 Å². The first-order valence-electron chi connectivity index (χ1n) is 9.04. The van der Waals surface area contributed by atoms with Gasteiger partial charge in [-0.1, -0.05) is 0 Å². The average molecular weight is 423 g/mol. The van der Waals surface area contributed by atoms with Gasteiger partial charge in [0.05, 0.1) is 36.7 Å². The number of rotatable bonds is 5. The Balaban J connectivity index is 1.58. The second-order valence-corrected chi connectivity index (χ2v) is 7.38. The van der Waals surface area contributed by atoms with Gasteiger partial charge in [0, 0.05) is 22.4 Å². The predicted octanol–water partition coefficient (Wildman–Crippen LogP) is 5.08. The van der Waals surface area contributed by atoms with Crippen molar-refractivity contribution in [1.82, 2.24) is 9.97 Å². The first kappa shape index (κ1) is 19.8. The molecule has 0 atom stereocenters. The number of thiazole rings is 1. The molecule has 6 nitrogen and oxygen atoms in total. The Morgan fingerprint density at radius 3 is 2.60 bits per heavy atom. The van der Waals surface area contributed by atoms with Crippen LogP contribution in [0.4, 0.5) is 9.52 Å². The molecule has 1 amide bonds. The van der Waals surface area contributed by atoms with Crippen molar-refractivity contribution in [3.05, 3.63) is 64.9 Å². The largest absolute Gasteiger partial charge is 0.493 e. The van der Waals surface area contributed by atoms with Crippen LogP contribution >= 0.6 is 11.3 Å². The summed E-state index contributed by atoms with van der Waals surface area (Å²) < 4.78 is 24.0. The summed E-state index contributed by atoms with van der Waals surface area (Å²) in [6, 6.07) is 11.5. The van der Waals surface area contributed by atoms with Crippen LogP contribution in [0.5, 0.6) is 11.5 Å². The van der Waals surface area contributed by atoms with Gasteiger partial charge in [-0.15, -0.1) is 11.3 Å². The zero-order valence-corrected chi connectivity index (χ0v) is 17.3. The Hall–Kier alpha value is -3.52. The van der Waals surface area contributed by atoms with Crippen molar-refractivity contribution in [2.24, 2.45) is 0 Å². The number of benzene rings is 2. The van der Waals surface area contributed by atoms with Crippen molar-refractivity contribution in [3.63, 3.8) is 0 Å². The third-order valence-corrected chi connectivity index (χ3v) is 5.38. The van der Waals surface area contributed by atoms with Crippen molar-refractivity contribution in [1.29, 1.82) is 0 Å². The molecule has 2 aromatic heterocycles. The minimum Gasteiger partial charge on any atom is -0.493 e. The number of pyridine rings is 1. The van der Waals surface area contributed by atoms with Gasteiger partial charge in [-0.25, -0.2) is 9.37 Å². The molecule has 2 aromatic carbocycles. The van der Waals surface area contributed by atoms with Gasteiger partial charge in [-0.2, -0.15) is 0 Å². The highest BCUT2D eigenvalue weighted by Gasteiger charge is 2.15. The van der Waals surface area contributed by atoms with Gasteiger partial charge in [0.25, 0.3) is 5.91 Å². The highest BCUT2D eigenvalue weighted by atomic mass is 32.1. The lowest BCUT2D eigenvalue weighted by molar-refractivity contribution is 0.102. The molecule has 0 spiro atoms. The van der Waals surface area contributed by atoms with Crippen LogP contribution in [0.3, 0.4) is 0 Å². The summed E-state index contributed by atoms with van der Waals surface area (Å²) >= 11 is 1.32. The summed E-state index contributed by atoms with van der Waals surface area (Å²) in [5, 5.41) is 5.82. The van der Waals surface area contributed by atoms with Gasteiger partial charge in [0.2, 0.25) is 0 Å². The van der Waals surface area contributed by atoms with Crippen LogP contribution in [0, 0.1) is 12.7 Å². The van der Waals surface area contributed by atoms with Gasteiger partial charge in [-0.05, 0) is 43.3 Å². The van der Waals surface area contributed by atoms with E-state index in [1.54, 1.807) is 39.3 Å². The lowest BCUT2D eigenvalue weighted by Gasteiger charge is -2.08. The average Bonchev–Trinajstić information content (AvgIpc) is 3.20. The quantitative estimate of drug-likeness (QED) is 0.485. The van der Waals surface area contributed by atoms with Gasteiger partial charge in [0.15, 0.2) is 16.6 Å². The van der Waals surface area contributed by atoms with E-state index < -0.39 is 0 Å². The number of amides is 1. The number of halogens is 1. The lowest BCUT2D eigenvalue weighted by atomic mass is 10.1. The van der Waals surface area contributed by atoms with E-state index >= 15 is 0 Å². The van der Waals surface area contributed by atoms with E-state index in [4.69, 9.17) is 9.47 Å². The zero-order valence-electron chi connectivity index (χ0n) is 16.5. The minimum absolute atomic E-state index is 0.320. The fourth-order valence-electron chi connectivity index (χ4n) is 3.09. The number of fused-ring (bicyclic) bond motifs is 1. The molecule has 30 heavy (non-hydrogen) atoms. The first-order chi connectivity index (χ1) is 14.5. The maximum atomic E-state index is 13.4. The Morgan fingerprint density at radius 2 is 1.83 bits per heavy atom. The van der Waals surface area contributed by atoms with Crippen LogP contribution in [0.25, 0.3) is 22.2 Å². The Bertz CT molecular complexity index is 1260. The second-order valence-electron chi connectivity index (χ2n) is 6.52. The fraction of sp³-hybridized carbons (Fsp3) is 0.136. The number of aromatic nitrogens is 2. The van der Waals surface area contributed by atoms with Crippen LogP contribution in [-0.4, -0.2) is 30.1 Å². The molecule has 0 aliphatic carbocycles. The number of hydrogen-bond acceptors (Lipinski definition) is 6. The first-order valence-corrected chi connectivity index (χ1v) is 9.92. The van der Waals surface area contributed by atoms with Gasteiger partial charge >= 0.3 is 0 Å². The summed E-state index contributed by atoms with van der Waals surface area (Å²) in [6.07, 6.45) is 0. The van der Waals surface area contributed by atoms with Gasteiger partial charge in [0.1, 0.15) is 5.82 Å². The second kappa shape index (κ2) is 8.08. The Labute approximate surface area is 176 Å². The molecular formula is C22H18FN3O3S. The number of carbonyl (C=O) groups is 1. The number of ether oxygens (including phenoxy) is 2. The molecule has 4 aromatic rings. The topological polar surface area (TPSA) is 73.3 Å². The van der Waals surface area contributed by atoms with E-state index in [-0.39, 0.29) is 11.7 Å². The summed E-state index contributed by atoms with van der Waals surface area (Å²) in [5.74, 6) is 0.545. The van der Waals surface area contributed by atoms with Crippen molar-refractivity contribution < 1.29 is 18.7 Å². The van der Waals surface area contributed by atoms with E-state index in [9.17, 15) is 9.18 Å². The van der Waals surface area contributed by atoms with Crippen molar-refractivity contribution in [2.75, 3.05) is 19.5 Å². The molecule has 1 N–H and O–H groups in total. The molecule has 8 heteroatoms. The summed E-state index contributed by atoms with van der Waals surface area (Å²) in [6.45, 7) is 1.72. The van der Waals surface area contributed by atoms with Crippen LogP contribution in [0.1, 0.15) is 16.1 Å². The number of anilines is 1. The number of nitrogens with zero attached hydrogens (tertiary/aromatic N) is 2. The predicted molar refractivity (Wildman–Crippen MR) is 115 cm³/mol. The van der Waals surface area contributed by atoms with E-state index in [2.05, 4.69) is 15.3 Å². The summed E-state index contributed by atoms with van der Waals surface area (Å²) in [5.41, 5.74) is 2.99. The minimum atomic E-state index is -0.364. The van der Waals surface area contributed by atoms with Crippen molar-refractivity contribution in [3.8, 4) is 22.8 Å². The van der Waals surface area contributed by atoms with Crippen molar-refractivity contribution >= 4 is 33.3 Å². The molecule has 0 unspecified atom stereocenters. The zero-order chi connectivity index (χ0) is 21.3. The molecule has 0 saturated carbocycles. The monoisotopic (exact) mass is 423 g/mol.